The summed E-state index contributed by atoms with van der Waals surface area (Å²) >= 11 is 0. The number of hydrogen-bond acceptors (Lipinski definition) is 4. The minimum atomic E-state index is -1.48. The first-order chi connectivity index (χ1) is 11.1. The number of non-ortho nitro benzene ring substituents is 1. The number of benzene rings is 1. The highest BCUT2D eigenvalue weighted by molar-refractivity contribution is 7.85. The van der Waals surface area contributed by atoms with E-state index >= 15 is 0 Å². The summed E-state index contributed by atoms with van der Waals surface area (Å²) in [4.78, 5) is 22.6. The van der Waals surface area contributed by atoms with Gasteiger partial charge in [0.15, 0.2) is 0 Å². The zero-order valence-corrected chi connectivity index (χ0v) is 13.8. The lowest BCUT2D eigenvalue weighted by Gasteiger charge is -2.20. The molecule has 0 spiro atoms. The van der Waals surface area contributed by atoms with Crippen molar-refractivity contribution in [3.05, 3.63) is 34.4 Å². The van der Waals surface area contributed by atoms with Crippen molar-refractivity contribution in [1.82, 2.24) is 5.32 Å². The minimum Gasteiger partial charge on any atom is -0.353 e. The highest BCUT2D eigenvalue weighted by atomic mass is 32.2. The number of rotatable bonds is 5. The van der Waals surface area contributed by atoms with Crippen LogP contribution in [0.1, 0.15) is 44.9 Å². The molecular formula is C16H22N2O4S. The van der Waals surface area contributed by atoms with E-state index in [-0.39, 0.29) is 23.4 Å². The van der Waals surface area contributed by atoms with E-state index in [1.54, 1.807) is 0 Å². The van der Waals surface area contributed by atoms with Crippen LogP contribution in [-0.2, 0) is 15.6 Å². The van der Waals surface area contributed by atoms with Gasteiger partial charge in [0.05, 0.1) is 15.7 Å². The standard InChI is InChI=1S/C16H22N2O4S/c19-16(17-13-6-4-2-1-3-5-7-13)12-23(22)15-10-8-14(9-11-15)18(20)21/h8-11,13H,1-7,12H2,(H,17,19)/t23-/m0/s1. The van der Waals surface area contributed by atoms with Crippen LogP contribution < -0.4 is 5.32 Å². The second-order valence-corrected chi connectivity index (χ2v) is 7.30. The zero-order chi connectivity index (χ0) is 16.7. The molecule has 0 aromatic heterocycles. The second-order valence-electron chi connectivity index (χ2n) is 5.85. The van der Waals surface area contributed by atoms with Gasteiger partial charge >= 0.3 is 0 Å². The van der Waals surface area contributed by atoms with Crippen LogP contribution in [0.3, 0.4) is 0 Å². The van der Waals surface area contributed by atoms with Crippen LogP contribution in [0.4, 0.5) is 5.69 Å². The summed E-state index contributed by atoms with van der Waals surface area (Å²) in [6.45, 7) is 0. The fourth-order valence-corrected chi connectivity index (χ4v) is 3.72. The van der Waals surface area contributed by atoms with E-state index in [1.165, 1.54) is 43.5 Å². The normalized spacial score (nSPS) is 17.7. The predicted molar refractivity (Wildman–Crippen MR) is 88.6 cm³/mol. The Morgan fingerprint density at radius 1 is 1.13 bits per heavy atom. The van der Waals surface area contributed by atoms with Gasteiger partial charge in [-0.3, -0.25) is 19.1 Å². The zero-order valence-electron chi connectivity index (χ0n) is 13.0. The minimum absolute atomic E-state index is 0.0512. The summed E-state index contributed by atoms with van der Waals surface area (Å²) in [6, 6.07) is 5.67. The fourth-order valence-electron chi connectivity index (χ4n) is 2.79. The first-order valence-electron chi connectivity index (χ1n) is 7.98. The van der Waals surface area contributed by atoms with Gasteiger partial charge in [-0.25, -0.2) is 0 Å². The number of nitro groups is 1. The number of amides is 1. The molecule has 1 amide bonds. The van der Waals surface area contributed by atoms with Crippen LogP contribution in [0.25, 0.3) is 0 Å². The predicted octanol–water partition coefficient (Wildman–Crippen LogP) is 2.93. The molecule has 7 heteroatoms. The molecule has 0 aliphatic heterocycles. The third-order valence-corrected chi connectivity index (χ3v) is 5.37. The summed E-state index contributed by atoms with van der Waals surface area (Å²) in [6.07, 6.45) is 7.89. The Labute approximate surface area is 138 Å². The Bertz CT molecular complexity index is 566. The number of hydrogen-bond donors (Lipinski definition) is 1. The fraction of sp³-hybridized carbons (Fsp3) is 0.562. The van der Waals surface area contributed by atoms with Crippen LogP contribution in [0.5, 0.6) is 0 Å². The van der Waals surface area contributed by atoms with Crippen LogP contribution in [-0.4, -0.2) is 26.8 Å². The SMILES string of the molecule is O=C(C[S@](=O)c1ccc([N+](=O)[O-])cc1)NC1CCCCCCC1. The van der Waals surface area contributed by atoms with Crippen molar-refractivity contribution in [3.63, 3.8) is 0 Å². The van der Waals surface area contributed by atoms with Gasteiger partial charge in [-0.15, -0.1) is 0 Å². The molecule has 1 aromatic rings. The van der Waals surface area contributed by atoms with Crippen molar-refractivity contribution >= 4 is 22.4 Å². The molecule has 6 nitrogen and oxygen atoms in total. The molecule has 1 aliphatic carbocycles. The third kappa shape index (κ3) is 5.74. The van der Waals surface area contributed by atoms with Gasteiger partial charge in [-0.05, 0) is 25.0 Å². The maximum absolute atomic E-state index is 12.2. The van der Waals surface area contributed by atoms with Crippen LogP contribution >= 0.6 is 0 Å². The average molecular weight is 338 g/mol. The molecule has 0 heterocycles. The van der Waals surface area contributed by atoms with Crippen molar-refractivity contribution in [3.8, 4) is 0 Å². The molecule has 0 radical (unpaired) electrons. The number of nitrogens with zero attached hydrogens (tertiary/aromatic N) is 1. The summed E-state index contributed by atoms with van der Waals surface area (Å²) < 4.78 is 12.2. The molecule has 0 saturated heterocycles. The van der Waals surface area contributed by atoms with E-state index in [1.807, 2.05) is 0 Å². The molecule has 0 bridgehead atoms. The number of carbonyl (C=O) groups excluding carboxylic acids is 1. The molecule has 2 rings (SSSR count). The van der Waals surface area contributed by atoms with Gasteiger partial charge in [0, 0.05) is 23.1 Å². The summed E-state index contributed by atoms with van der Waals surface area (Å²) in [5.41, 5.74) is -0.0512. The lowest BCUT2D eigenvalue weighted by molar-refractivity contribution is -0.384. The summed E-state index contributed by atoms with van der Waals surface area (Å²) in [5, 5.41) is 13.6. The molecule has 1 atom stereocenters. The van der Waals surface area contributed by atoms with E-state index in [0.29, 0.717) is 4.90 Å². The van der Waals surface area contributed by atoms with Crippen LogP contribution in [0.15, 0.2) is 29.2 Å². The molecule has 23 heavy (non-hydrogen) atoms. The molecule has 1 aliphatic rings. The number of nitrogens with one attached hydrogen (secondary N) is 1. The molecule has 0 unspecified atom stereocenters. The molecule has 1 aromatic carbocycles. The molecule has 126 valence electrons. The van der Waals surface area contributed by atoms with E-state index in [4.69, 9.17) is 0 Å². The molecule has 1 saturated carbocycles. The van der Waals surface area contributed by atoms with Gasteiger partial charge in [0.2, 0.25) is 5.91 Å². The van der Waals surface area contributed by atoms with Gasteiger partial charge in [0.25, 0.3) is 5.69 Å². The Hall–Kier alpha value is -1.76. The van der Waals surface area contributed by atoms with Crippen molar-refractivity contribution in [2.24, 2.45) is 0 Å². The first-order valence-corrected chi connectivity index (χ1v) is 9.30. The largest absolute Gasteiger partial charge is 0.353 e. The van der Waals surface area contributed by atoms with Gasteiger partial charge in [-0.1, -0.05) is 32.1 Å². The van der Waals surface area contributed by atoms with Gasteiger partial charge < -0.3 is 5.32 Å². The summed E-state index contributed by atoms with van der Waals surface area (Å²) in [5.74, 6) is -0.318. The number of nitro benzene ring substituents is 1. The van der Waals surface area contributed by atoms with Crippen molar-refractivity contribution in [2.45, 2.75) is 55.9 Å². The Morgan fingerprint density at radius 3 is 2.26 bits per heavy atom. The highest BCUT2D eigenvalue weighted by Crippen LogP contribution is 2.18. The molecular weight excluding hydrogens is 316 g/mol. The number of carbonyl (C=O) groups is 1. The monoisotopic (exact) mass is 338 g/mol. The lowest BCUT2D eigenvalue weighted by Crippen LogP contribution is -2.37. The molecule has 1 N–H and O–H groups in total. The van der Waals surface area contributed by atoms with E-state index in [0.717, 1.165) is 25.7 Å². The van der Waals surface area contributed by atoms with Gasteiger partial charge in [-0.2, -0.15) is 0 Å². The quantitative estimate of drug-likeness (QED) is 0.660. The maximum Gasteiger partial charge on any atom is 0.269 e. The average Bonchev–Trinajstić information content (AvgIpc) is 2.50. The van der Waals surface area contributed by atoms with Crippen LogP contribution in [0, 0.1) is 10.1 Å². The van der Waals surface area contributed by atoms with Crippen molar-refractivity contribution in [1.29, 1.82) is 0 Å². The Balaban J connectivity index is 1.86. The first kappa shape index (κ1) is 17.6. The molecule has 1 fully saturated rings. The second kappa shape index (κ2) is 8.76. The van der Waals surface area contributed by atoms with E-state index < -0.39 is 15.7 Å². The Morgan fingerprint density at radius 2 is 1.70 bits per heavy atom. The topological polar surface area (TPSA) is 89.3 Å². The third-order valence-electron chi connectivity index (χ3n) is 4.04. The summed E-state index contributed by atoms with van der Waals surface area (Å²) in [7, 11) is -1.48. The van der Waals surface area contributed by atoms with Crippen LogP contribution in [0.2, 0.25) is 0 Å². The Kier molecular flexibility index (Phi) is 6.70. The van der Waals surface area contributed by atoms with E-state index in [9.17, 15) is 19.1 Å². The highest BCUT2D eigenvalue weighted by Gasteiger charge is 2.17. The smallest absolute Gasteiger partial charge is 0.269 e. The van der Waals surface area contributed by atoms with Crippen molar-refractivity contribution < 1.29 is 13.9 Å². The van der Waals surface area contributed by atoms with Crippen molar-refractivity contribution in [2.75, 3.05) is 5.75 Å². The van der Waals surface area contributed by atoms with E-state index in [2.05, 4.69) is 5.32 Å². The lowest BCUT2D eigenvalue weighted by atomic mass is 9.97. The van der Waals surface area contributed by atoms with Gasteiger partial charge in [0.1, 0.15) is 5.75 Å². The maximum atomic E-state index is 12.2.